The van der Waals surface area contributed by atoms with Crippen LogP contribution in [0.15, 0.2) is 0 Å². The van der Waals surface area contributed by atoms with E-state index in [1.54, 1.807) is 7.11 Å². The summed E-state index contributed by atoms with van der Waals surface area (Å²) in [4.78, 5) is 12.3. The van der Waals surface area contributed by atoms with Gasteiger partial charge in [-0.2, -0.15) is 0 Å². The van der Waals surface area contributed by atoms with Gasteiger partial charge in [0.1, 0.15) is 0 Å². The molecular formula is C16H32N2O2. The molecule has 0 aromatic heterocycles. The van der Waals surface area contributed by atoms with E-state index in [1.165, 1.54) is 32.1 Å². The molecule has 1 atom stereocenters. The first-order valence-corrected chi connectivity index (χ1v) is 8.20. The van der Waals surface area contributed by atoms with Gasteiger partial charge in [0.05, 0.1) is 12.6 Å². The van der Waals surface area contributed by atoms with Gasteiger partial charge < -0.3 is 15.8 Å². The van der Waals surface area contributed by atoms with Crippen LogP contribution in [-0.2, 0) is 9.53 Å². The highest BCUT2D eigenvalue weighted by Gasteiger charge is 2.27. The van der Waals surface area contributed by atoms with Gasteiger partial charge in [-0.25, -0.2) is 0 Å². The molecule has 1 unspecified atom stereocenters. The molecule has 0 aromatic carbocycles. The van der Waals surface area contributed by atoms with E-state index in [1.807, 2.05) is 0 Å². The summed E-state index contributed by atoms with van der Waals surface area (Å²) in [7, 11) is 1.66. The number of amides is 1. The molecule has 1 rings (SSSR count). The quantitative estimate of drug-likeness (QED) is 0.683. The molecule has 118 valence electrons. The highest BCUT2D eigenvalue weighted by Crippen LogP contribution is 2.32. The molecule has 0 saturated heterocycles. The van der Waals surface area contributed by atoms with Gasteiger partial charge in [-0.3, -0.25) is 4.79 Å². The number of nitrogens with one attached hydrogen (secondary N) is 1. The molecule has 1 amide bonds. The molecule has 4 heteroatoms. The Hall–Kier alpha value is -0.610. The van der Waals surface area contributed by atoms with Crippen LogP contribution in [0, 0.1) is 11.8 Å². The molecule has 3 N–H and O–H groups in total. The van der Waals surface area contributed by atoms with Crippen molar-refractivity contribution in [2.75, 3.05) is 20.3 Å². The number of hydrogen-bond acceptors (Lipinski definition) is 3. The Labute approximate surface area is 123 Å². The van der Waals surface area contributed by atoms with E-state index in [4.69, 9.17) is 10.5 Å². The van der Waals surface area contributed by atoms with Crippen molar-refractivity contribution in [3.05, 3.63) is 0 Å². The van der Waals surface area contributed by atoms with Gasteiger partial charge in [-0.15, -0.1) is 0 Å². The zero-order valence-corrected chi connectivity index (χ0v) is 13.2. The number of unbranched alkanes of at least 4 members (excludes halogenated alkanes) is 1. The standard InChI is InChI=1S/C16H32N2O2/c1-3-4-5-13-6-8-14(9-7-13)16(19)18-15(10-11-17)12-20-2/h13-15H,3-12,17H2,1-2H3,(H,18,19). The maximum absolute atomic E-state index is 12.3. The fourth-order valence-electron chi connectivity index (χ4n) is 3.12. The summed E-state index contributed by atoms with van der Waals surface area (Å²) < 4.78 is 5.14. The molecule has 0 bridgehead atoms. The second-order valence-electron chi connectivity index (χ2n) is 6.10. The first-order chi connectivity index (χ1) is 9.71. The summed E-state index contributed by atoms with van der Waals surface area (Å²) in [6, 6.07) is 0.0651. The molecule has 1 saturated carbocycles. The summed E-state index contributed by atoms with van der Waals surface area (Å²) in [5.74, 6) is 1.25. The zero-order valence-electron chi connectivity index (χ0n) is 13.2. The summed E-state index contributed by atoms with van der Waals surface area (Å²) in [5.41, 5.74) is 5.57. The van der Waals surface area contributed by atoms with Crippen molar-refractivity contribution in [1.82, 2.24) is 5.32 Å². The summed E-state index contributed by atoms with van der Waals surface area (Å²) in [5, 5.41) is 3.10. The number of ether oxygens (including phenoxy) is 1. The molecule has 1 aliphatic carbocycles. The lowest BCUT2D eigenvalue weighted by atomic mass is 9.79. The zero-order chi connectivity index (χ0) is 14.8. The molecule has 4 nitrogen and oxygen atoms in total. The predicted octanol–water partition coefficient (Wildman–Crippen LogP) is 2.46. The van der Waals surface area contributed by atoms with Crippen LogP contribution in [-0.4, -0.2) is 32.2 Å². The lowest BCUT2D eigenvalue weighted by molar-refractivity contribution is -0.127. The van der Waals surface area contributed by atoms with Crippen molar-refractivity contribution in [2.45, 2.75) is 64.3 Å². The Morgan fingerprint density at radius 2 is 2.05 bits per heavy atom. The predicted molar refractivity (Wildman–Crippen MR) is 82.5 cm³/mol. The number of nitrogens with two attached hydrogens (primary N) is 1. The van der Waals surface area contributed by atoms with Gasteiger partial charge in [-0.1, -0.05) is 26.2 Å². The maximum Gasteiger partial charge on any atom is 0.223 e. The van der Waals surface area contributed by atoms with E-state index in [0.29, 0.717) is 13.2 Å². The minimum Gasteiger partial charge on any atom is -0.383 e. The number of carbonyl (C=O) groups excluding carboxylic acids is 1. The van der Waals surface area contributed by atoms with Crippen LogP contribution in [0.1, 0.15) is 58.3 Å². The summed E-state index contributed by atoms with van der Waals surface area (Å²) in [6.45, 7) is 3.37. The summed E-state index contributed by atoms with van der Waals surface area (Å²) in [6.07, 6.45) is 9.24. The molecule has 0 heterocycles. The number of methoxy groups -OCH3 is 1. The smallest absolute Gasteiger partial charge is 0.223 e. The third kappa shape index (κ3) is 6.23. The van der Waals surface area contributed by atoms with Crippen molar-refractivity contribution in [1.29, 1.82) is 0 Å². The SMILES string of the molecule is CCCCC1CCC(C(=O)NC(CCN)COC)CC1. The Bertz CT molecular complexity index is 257. The van der Waals surface area contributed by atoms with E-state index < -0.39 is 0 Å². The van der Waals surface area contributed by atoms with Crippen molar-refractivity contribution in [3.8, 4) is 0 Å². The molecule has 0 spiro atoms. The third-order valence-corrected chi connectivity index (χ3v) is 4.41. The van der Waals surface area contributed by atoms with E-state index in [0.717, 1.165) is 25.2 Å². The van der Waals surface area contributed by atoms with Crippen molar-refractivity contribution in [3.63, 3.8) is 0 Å². The lowest BCUT2D eigenvalue weighted by Gasteiger charge is -2.29. The van der Waals surface area contributed by atoms with Crippen molar-refractivity contribution in [2.24, 2.45) is 17.6 Å². The second kappa shape index (κ2) is 10.2. The monoisotopic (exact) mass is 284 g/mol. The van der Waals surface area contributed by atoms with Crippen LogP contribution in [0.2, 0.25) is 0 Å². The average Bonchev–Trinajstić information content (AvgIpc) is 2.46. The van der Waals surface area contributed by atoms with Gasteiger partial charge in [0.2, 0.25) is 5.91 Å². The highest BCUT2D eigenvalue weighted by atomic mass is 16.5. The largest absolute Gasteiger partial charge is 0.383 e. The first-order valence-electron chi connectivity index (χ1n) is 8.20. The van der Waals surface area contributed by atoms with Gasteiger partial charge in [0, 0.05) is 13.0 Å². The van der Waals surface area contributed by atoms with Crippen LogP contribution in [0.4, 0.5) is 0 Å². The average molecular weight is 284 g/mol. The second-order valence-corrected chi connectivity index (χ2v) is 6.10. The maximum atomic E-state index is 12.3. The number of carbonyl (C=O) groups is 1. The third-order valence-electron chi connectivity index (χ3n) is 4.41. The lowest BCUT2D eigenvalue weighted by Crippen LogP contribution is -2.43. The molecule has 0 aliphatic heterocycles. The number of hydrogen-bond donors (Lipinski definition) is 2. The van der Waals surface area contributed by atoms with E-state index >= 15 is 0 Å². The molecule has 0 aromatic rings. The van der Waals surface area contributed by atoms with Gasteiger partial charge in [-0.05, 0) is 44.6 Å². The van der Waals surface area contributed by atoms with Gasteiger partial charge >= 0.3 is 0 Å². The van der Waals surface area contributed by atoms with Crippen LogP contribution in [0.5, 0.6) is 0 Å². The minimum atomic E-state index is 0.0651. The Morgan fingerprint density at radius 3 is 2.60 bits per heavy atom. The Balaban J connectivity index is 2.30. The van der Waals surface area contributed by atoms with Crippen LogP contribution >= 0.6 is 0 Å². The number of rotatable bonds is 9. The van der Waals surface area contributed by atoms with E-state index in [2.05, 4.69) is 12.2 Å². The van der Waals surface area contributed by atoms with Crippen LogP contribution in [0.25, 0.3) is 0 Å². The summed E-state index contributed by atoms with van der Waals surface area (Å²) >= 11 is 0. The minimum absolute atomic E-state index is 0.0651. The molecule has 1 fully saturated rings. The topological polar surface area (TPSA) is 64.4 Å². The van der Waals surface area contributed by atoms with Crippen molar-refractivity contribution >= 4 is 5.91 Å². The fourth-order valence-corrected chi connectivity index (χ4v) is 3.12. The molecular weight excluding hydrogens is 252 g/mol. The molecule has 20 heavy (non-hydrogen) atoms. The Kier molecular flexibility index (Phi) is 8.86. The highest BCUT2D eigenvalue weighted by molar-refractivity contribution is 5.79. The van der Waals surface area contributed by atoms with Crippen LogP contribution in [0.3, 0.4) is 0 Å². The Morgan fingerprint density at radius 1 is 1.35 bits per heavy atom. The molecule has 0 radical (unpaired) electrons. The van der Waals surface area contributed by atoms with Gasteiger partial charge in [0.25, 0.3) is 0 Å². The van der Waals surface area contributed by atoms with E-state index in [9.17, 15) is 4.79 Å². The van der Waals surface area contributed by atoms with Crippen molar-refractivity contribution < 1.29 is 9.53 Å². The normalized spacial score (nSPS) is 24.4. The first kappa shape index (κ1) is 17.4. The fraction of sp³-hybridized carbons (Fsp3) is 0.938. The van der Waals surface area contributed by atoms with Crippen LogP contribution < -0.4 is 11.1 Å². The molecule has 1 aliphatic rings. The van der Waals surface area contributed by atoms with Gasteiger partial charge in [0.15, 0.2) is 0 Å². The van der Waals surface area contributed by atoms with E-state index in [-0.39, 0.29) is 17.9 Å².